The molecule has 1 amide bonds. The maximum absolute atomic E-state index is 13.0. The summed E-state index contributed by atoms with van der Waals surface area (Å²) >= 11 is 12.0. The van der Waals surface area contributed by atoms with Crippen molar-refractivity contribution in [3.05, 3.63) is 52.0 Å². The number of carbonyl (C=O) groups is 1. The van der Waals surface area contributed by atoms with Gasteiger partial charge in [0.1, 0.15) is 17.5 Å². The molecule has 0 radical (unpaired) electrons. The molecule has 2 rings (SSSR count). The molecule has 0 saturated carbocycles. The van der Waals surface area contributed by atoms with E-state index in [9.17, 15) is 13.2 Å². The van der Waals surface area contributed by atoms with Gasteiger partial charge >= 0.3 is 0 Å². The predicted octanol–water partition coefficient (Wildman–Crippen LogP) is 4.04. The zero-order chi connectivity index (χ0) is 22.6. The van der Waals surface area contributed by atoms with E-state index in [1.807, 2.05) is 0 Å². The van der Waals surface area contributed by atoms with Crippen LogP contribution in [0, 0.1) is 0 Å². The first-order valence-corrected chi connectivity index (χ1v) is 11.6. The SMILES string of the molecule is COc1ccc(OC)c(C(C)NC(=O)C(C)N(c2cc(Cl)cc(Cl)c2)S(C)(=O)=O)c1. The largest absolute Gasteiger partial charge is 0.497 e. The number of rotatable bonds is 8. The van der Waals surface area contributed by atoms with E-state index in [2.05, 4.69) is 5.32 Å². The zero-order valence-electron chi connectivity index (χ0n) is 17.3. The van der Waals surface area contributed by atoms with Gasteiger partial charge in [0.25, 0.3) is 0 Å². The van der Waals surface area contributed by atoms with Gasteiger partial charge in [-0.25, -0.2) is 8.42 Å². The molecule has 0 spiro atoms. The summed E-state index contributed by atoms with van der Waals surface area (Å²) in [5, 5.41) is 3.34. The minimum Gasteiger partial charge on any atom is -0.497 e. The molecule has 2 aromatic rings. The average molecular weight is 475 g/mol. The fourth-order valence-corrected chi connectivity index (χ4v) is 4.74. The van der Waals surface area contributed by atoms with E-state index in [0.717, 1.165) is 10.6 Å². The van der Waals surface area contributed by atoms with Gasteiger partial charge in [0.05, 0.1) is 32.2 Å². The molecule has 0 aliphatic carbocycles. The van der Waals surface area contributed by atoms with Gasteiger partial charge < -0.3 is 14.8 Å². The molecule has 0 aliphatic rings. The summed E-state index contributed by atoms with van der Waals surface area (Å²) in [5.74, 6) is 0.665. The number of methoxy groups -OCH3 is 2. The predicted molar refractivity (Wildman–Crippen MR) is 119 cm³/mol. The second-order valence-corrected chi connectivity index (χ2v) is 9.43. The van der Waals surface area contributed by atoms with Crippen molar-refractivity contribution in [2.75, 3.05) is 24.8 Å². The summed E-state index contributed by atoms with van der Waals surface area (Å²) in [6, 6.07) is 8.04. The van der Waals surface area contributed by atoms with Gasteiger partial charge in [-0.3, -0.25) is 9.10 Å². The number of sulfonamides is 1. The highest BCUT2D eigenvalue weighted by Gasteiger charge is 2.30. The summed E-state index contributed by atoms with van der Waals surface area (Å²) in [6.07, 6.45) is 1.01. The molecular weight excluding hydrogens is 451 g/mol. The van der Waals surface area contributed by atoms with E-state index in [-0.39, 0.29) is 15.7 Å². The van der Waals surface area contributed by atoms with Gasteiger partial charge in [-0.15, -0.1) is 0 Å². The Labute approximate surface area is 186 Å². The van der Waals surface area contributed by atoms with Crippen molar-refractivity contribution >= 4 is 44.8 Å². The number of halogens is 2. The molecule has 7 nitrogen and oxygen atoms in total. The van der Waals surface area contributed by atoms with Crippen molar-refractivity contribution in [1.82, 2.24) is 5.32 Å². The van der Waals surface area contributed by atoms with Gasteiger partial charge in [0.15, 0.2) is 0 Å². The van der Waals surface area contributed by atoms with Crippen LogP contribution in [0.2, 0.25) is 10.0 Å². The lowest BCUT2D eigenvalue weighted by Crippen LogP contribution is -2.48. The van der Waals surface area contributed by atoms with Crippen LogP contribution in [0.3, 0.4) is 0 Å². The Morgan fingerprint density at radius 2 is 1.63 bits per heavy atom. The zero-order valence-corrected chi connectivity index (χ0v) is 19.6. The second-order valence-electron chi connectivity index (χ2n) is 6.70. The van der Waals surface area contributed by atoms with Crippen LogP contribution in [0.4, 0.5) is 5.69 Å². The Balaban J connectivity index is 2.34. The number of hydrogen-bond donors (Lipinski definition) is 1. The van der Waals surface area contributed by atoms with Crippen molar-refractivity contribution in [3.63, 3.8) is 0 Å². The molecule has 0 aromatic heterocycles. The molecule has 0 bridgehead atoms. The third-order valence-electron chi connectivity index (χ3n) is 4.45. The summed E-state index contributed by atoms with van der Waals surface area (Å²) < 4.78 is 36.5. The van der Waals surface area contributed by atoms with Gasteiger partial charge in [0.2, 0.25) is 15.9 Å². The molecule has 0 saturated heterocycles. The molecule has 164 valence electrons. The summed E-state index contributed by atoms with van der Waals surface area (Å²) in [4.78, 5) is 13.0. The molecule has 2 unspecified atom stereocenters. The monoisotopic (exact) mass is 474 g/mol. The van der Waals surface area contributed by atoms with E-state index >= 15 is 0 Å². The molecule has 0 fully saturated rings. The molecule has 1 N–H and O–H groups in total. The quantitative estimate of drug-likeness (QED) is 0.623. The summed E-state index contributed by atoms with van der Waals surface area (Å²) in [6.45, 7) is 3.25. The number of ether oxygens (including phenoxy) is 2. The molecule has 0 heterocycles. The van der Waals surface area contributed by atoms with E-state index in [1.165, 1.54) is 39.3 Å². The fourth-order valence-electron chi connectivity index (χ4n) is 3.06. The van der Waals surface area contributed by atoms with Crippen molar-refractivity contribution in [3.8, 4) is 11.5 Å². The number of nitrogens with one attached hydrogen (secondary N) is 1. The molecule has 2 aromatic carbocycles. The topological polar surface area (TPSA) is 84.9 Å². The highest BCUT2D eigenvalue weighted by molar-refractivity contribution is 7.92. The van der Waals surface area contributed by atoms with Gasteiger partial charge in [-0.05, 0) is 50.2 Å². The van der Waals surface area contributed by atoms with Crippen LogP contribution in [-0.2, 0) is 14.8 Å². The van der Waals surface area contributed by atoms with Crippen LogP contribution in [-0.4, -0.2) is 40.8 Å². The number of carbonyl (C=O) groups excluding carboxylic acids is 1. The smallest absolute Gasteiger partial charge is 0.244 e. The average Bonchev–Trinajstić information content (AvgIpc) is 2.65. The maximum Gasteiger partial charge on any atom is 0.244 e. The van der Waals surface area contributed by atoms with E-state index < -0.39 is 28.0 Å². The van der Waals surface area contributed by atoms with Crippen LogP contribution >= 0.6 is 23.2 Å². The molecular formula is C20H24Cl2N2O5S. The van der Waals surface area contributed by atoms with Crippen LogP contribution < -0.4 is 19.1 Å². The van der Waals surface area contributed by atoms with Crippen LogP contribution in [0.1, 0.15) is 25.5 Å². The summed E-state index contributed by atoms with van der Waals surface area (Å²) in [5.41, 5.74) is 0.887. The Morgan fingerprint density at radius 1 is 1.03 bits per heavy atom. The fraction of sp³-hybridized carbons (Fsp3) is 0.350. The highest BCUT2D eigenvalue weighted by Crippen LogP contribution is 2.31. The number of benzene rings is 2. The van der Waals surface area contributed by atoms with Crippen LogP contribution in [0.5, 0.6) is 11.5 Å². The van der Waals surface area contributed by atoms with Crippen LogP contribution in [0.15, 0.2) is 36.4 Å². The third kappa shape index (κ3) is 5.71. The first kappa shape index (κ1) is 24.1. The van der Waals surface area contributed by atoms with Gasteiger partial charge in [-0.2, -0.15) is 0 Å². The summed E-state index contributed by atoms with van der Waals surface area (Å²) in [7, 11) is -0.746. The standard InChI is InChI=1S/C20H24Cl2N2O5S/c1-12(18-11-17(28-3)6-7-19(18)29-4)23-20(25)13(2)24(30(5,26)27)16-9-14(21)8-15(22)10-16/h6-13H,1-5H3,(H,23,25). The number of anilines is 1. The molecule has 2 atom stereocenters. The Hall–Kier alpha value is -2.16. The number of hydrogen-bond acceptors (Lipinski definition) is 5. The first-order valence-electron chi connectivity index (χ1n) is 8.95. The van der Waals surface area contributed by atoms with Crippen LogP contribution in [0.25, 0.3) is 0 Å². The van der Waals surface area contributed by atoms with Crippen molar-refractivity contribution in [1.29, 1.82) is 0 Å². The minimum absolute atomic E-state index is 0.198. The Kier molecular flexibility index (Phi) is 7.85. The number of nitrogens with zero attached hydrogens (tertiary/aromatic N) is 1. The Morgan fingerprint density at radius 3 is 2.13 bits per heavy atom. The molecule has 10 heteroatoms. The van der Waals surface area contributed by atoms with Crippen molar-refractivity contribution < 1.29 is 22.7 Å². The Bertz CT molecular complexity index is 1010. The minimum atomic E-state index is -3.81. The molecule has 0 aliphatic heterocycles. The van der Waals surface area contributed by atoms with E-state index in [0.29, 0.717) is 17.1 Å². The van der Waals surface area contributed by atoms with Gasteiger partial charge in [0, 0.05) is 15.6 Å². The lowest BCUT2D eigenvalue weighted by molar-refractivity contribution is -0.122. The van der Waals surface area contributed by atoms with Crippen molar-refractivity contribution in [2.24, 2.45) is 0 Å². The first-order chi connectivity index (χ1) is 14.0. The lowest BCUT2D eigenvalue weighted by Gasteiger charge is -2.29. The lowest BCUT2D eigenvalue weighted by atomic mass is 10.1. The normalized spacial score (nSPS) is 13.3. The van der Waals surface area contributed by atoms with Crippen molar-refractivity contribution in [2.45, 2.75) is 25.9 Å². The second kappa shape index (κ2) is 9.76. The maximum atomic E-state index is 13.0. The third-order valence-corrected chi connectivity index (χ3v) is 6.13. The van der Waals surface area contributed by atoms with E-state index in [1.54, 1.807) is 25.1 Å². The molecule has 30 heavy (non-hydrogen) atoms. The highest BCUT2D eigenvalue weighted by atomic mass is 35.5. The van der Waals surface area contributed by atoms with Gasteiger partial charge in [-0.1, -0.05) is 23.2 Å². The number of amides is 1. The van der Waals surface area contributed by atoms with E-state index in [4.69, 9.17) is 32.7 Å².